The van der Waals surface area contributed by atoms with Crippen LogP contribution in [0.15, 0.2) is 78.9 Å². The number of rotatable bonds is 8. The van der Waals surface area contributed by atoms with Gasteiger partial charge in [-0.05, 0) is 40.8 Å². The van der Waals surface area contributed by atoms with Gasteiger partial charge in [-0.3, -0.25) is 9.69 Å². The molecule has 194 valence electrons. The van der Waals surface area contributed by atoms with Crippen LogP contribution in [0.4, 0.5) is 0 Å². The first kappa shape index (κ1) is 26.5. The van der Waals surface area contributed by atoms with Crippen LogP contribution in [-0.2, 0) is 12.0 Å². The van der Waals surface area contributed by atoms with E-state index >= 15 is 0 Å². The molecule has 1 heterocycles. The van der Waals surface area contributed by atoms with Crippen LogP contribution >= 0.6 is 0 Å². The number of carbonyl (C=O) groups excluding carboxylic acids is 1. The summed E-state index contributed by atoms with van der Waals surface area (Å²) in [5, 5.41) is 0. The number of ether oxygens (including phenoxy) is 2. The summed E-state index contributed by atoms with van der Waals surface area (Å²) < 4.78 is 11.8. The molecule has 1 aliphatic heterocycles. The molecule has 0 unspecified atom stereocenters. The average Bonchev–Trinajstić information content (AvgIpc) is 2.92. The molecule has 0 aliphatic carbocycles. The molecular formula is C32H38N2O3. The van der Waals surface area contributed by atoms with Crippen LogP contribution in [0.5, 0.6) is 11.5 Å². The number of amides is 1. The maximum Gasteiger partial charge on any atom is 0.253 e. The van der Waals surface area contributed by atoms with Crippen LogP contribution in [0.25, 0.3) is 6.08 Å². The Morgan fingerprint density at radius 1 is 0.892 bits per heavy atom. The SMILES string of the molecule is COc1ccc(C(=O)N2CCN(C/C=C/c3ccccc3)CC2)cc1COc1ccccc1C(C)(C)C. The first-order chi connectivity index (χ1) is 17.8. The third-order valence-electron chi connectivity index (χ3n) is 6.74. The first-order valence-corrected chi connectivity index (χ1v) is 13.0. The van der Waals surface area contributed by atoms with Crippen LogP contribution in [0, 0.1) is 0 Å². The zero-order chi connectivity index (χ0) is 26.3. The van der Waals surface area contributed by atoms with Gasteiger partial charge in [0, 0.05) is 43.9 Å². The maximum atomic E-state index is 13.3. The predicted octanol–water partition coefficient (Wildman–Crippen LogP) is 6.04. The van der Waals surface area contributed by atoms with Crippen molar-refractivity contribution in [3.63, 3.8) is 0 Å². The second kappa shape index (κ2) is 12.1. The van der Waals surface area contributed by atoms with Crippen molar-refractivity contribution in [3.05, 3.63) is 101 Å². The molecule has 0 bridgehead atoms. The molecule has 0 N–H and O–H groups in total. The zero-order valence-corrected chi connectivity index (χ0v) is 22.4. The molecule has 0 saturated carbocycles. The molecule has 3 aromatic rings. The van der Waals surface area contributed by atoms with E-state index in [9.17, 15) is 4.79 Å². The number of hydrogen-bond acceptors (Lipinski definition) is 4. The largest absolute Gasteiger partial charge is 0.496 e. The number of hydrogen-bond donors (Lipinski definition) is 0. The van der Waals surface area contributed by atoms with E-state index < -0.39 is 0 Å². The molecule has 0 atom stereocenters. The van der Waals surface area contributed by atoms with Crippen LogP contribution in [0.1, 0.15) is 47.8 Å². The van der Waals surface area contributed by atoms with Gasteiger partial charge in [-0.15, -0.1) is 0 Å². The van der Waals surface area contributed by atoms with Gasteiger partial charge in [0.05, 0.1) is 7.11 Å². The Hall–Kier alpha value is -3.57. The van der Waals surface area contributed by atoms with E-state index in [-0.39, 0.29) is 11.3 Å². The molecule has 1 amide bonds. The molecule has 1 saturated heterocycles. The summed E-state index contributed by atoms with van der Waals surface area (Å²) >= 11 is 0. The van der Waals surface area contributed by atoms with E-state index in [1.807, 2.05) is 59.5 Å². The molecule has 1 fully saturated rings. The fraction of sp³-hybridized carbons (Fsp3) is 0.344. The molecule has 0 spiro atoms. The fourth-order valence-corrected chi connectivity index (χ4v) is 4.61. The Labute approximate surface area is 221 Å². The highest BCUT2D eigenvalue weighted by Crippen LogP contribution is 2.32. The minimum absolute atomic E-state index is 0.0298. The lowest BCUT2D eigenvalue weighted by Gasteiger charge is -2.34. The van der Waals surface area contributed by atoms with Gasteiger partial charge in [-0.25, -0.2) is 0 Å². The molecule has 0 aromatic heterocycles. The van der Waals surface area contributed by atoms with Crippen LogP contribution in [0.2, 0.25) is 0 Å². The van der Waals surface area contributed by atoms with Gasteiger partial charge in [0.2, 0.25) is 0 Å². The standard InChI is InChI=1S/C32H38N2O3/c1-32(2,3)28-14-8-9-15-30(28)37-24-27-23-26(16-17-29(27)36-4)31(35)34-21-19-33(20-22-34)18-10-13-25-11-6-5-7-12-25/h5-17,23H,18-22,24H2,1-4H3/b13-10+. The minimum Gasteiger partial charge on any atom is -0.496 e. The van der Waals surface area contributed by atoms with Gasteiger partial charge in [0.25, 0.3) is 5.91 Å². The monoisotopic (exact) mass is 498 g/mol. The summed E-state index contributed by atoms with van der Waals surface area (Å²) in [6.45, 7) is 10.9. The van der Waals surface area contributed by atoms with Crippen molar-refractivity contribution in [2.24, 2.45) is 0 Å². The van der Waals surface area contributed by atoms with E-state index in [2.05, 4.69) is 56.0 Å². The van der Waals surface area contributed by atoms with Crippen molar-refractivity contribution in [3.8, 4) is 11.5 Å². The van der Waals surface area contributed by atoms with Gasteiger partial charge in [-0.2, -0.15) is 0 Å². The summed E-state index contributed by atoms with van der Waals surface area (Å²) in [5.41, 5.74) is 3.86. The molecule has 5 heteroatoms. The minimum atomic E-state index is -0.0298. The number of nitrogens with zero attached hydrogens (tertiary/aromatic N) is 2. The summed E-state index contributed by atoms with van der Waals surface area (Å²) in [4.78, 5) is 17.7. The average molecular weight is 499 g/mol. The van der Waals surface area contributed by atoms with Crippen molar-refractivity contribution in [2.75, 3.05) is 39.8 Å². The first-order valence-electron chi connectivity index (χ1n) is 13.0. The second-order valence-electron chi connectivity index (χ2n) is 10.5. The number of carbonyl (C=O) groups is 1. The lowest BCUT2D eigenvalue weighted by atomic mass is 9.86. The summed E-state index contributed by atoms with van der Waals surface area (Å²) in [5.74, 6) is 1.63. The molecule has 0 radical (unpaired) electrons. The van der Waals surface area contributed by atoms with E-state index in [0.29, 0.717) is 12.2 Å². The Kier molecular flexibility index (Phi) is 8.67. The normalized spacial score (nSPS) is 14.6. The highest BCUT2D eigenvalue weighted by atomic mass is 16.5. The van der Waals surface area contributed by atoms with Gasteiger partial charge >= 0.3 is 0 Å². The zero-order valence-electron chi connectivity index (χ0n) is 22.4. The number of methoxy groups -OCH3 is 1. The number of piperazine rings is 1. The van der Waals surface area contributed by atoms with Gasteiger partial charge in [0.15, 0.2) is 0 Å². The van der Waals surface area contributed by atoms with Crippen molar-refractivity contribution in [1.29, 1.82) is 0 Å². The van der Waals surface area contributed by atoms with E-state index in [4.69, 9.17) is 9.47 Å². The molecule has 1 aliphatic rings. The highest BCUT2D eigenvalue weighted by Gasteiger charge is 2.23. The highest BCUT2D eigenvalue weighted by molar-refractivity contribution is 5.94. The summed E-state index contributed by atoms with van der Waals surface area (Å²) in [6, 6.07) is 24.1. The van der Waals surface area contributed by atoms with Crippen molar-refractivity contribution in [2.45, 2.75) is 32.8 Å². The van der Waals surface area contributed by atoms with Gasteiger partial charge in [-0.1, -0.05) is 81.5 Å². The Morgan fingerprint density at radius 2 is 1.59 bits per heavy atom. The quantitative estimate of drug-likeness (QED) is 0.380. The van der Waals surface area contributed by atoms with Crippen molar-refractivity contribution < 1.29 is 14.3 Å². The lowest BCUT2D eigenvalue weighted by Crippen LogP contribution is -2.48. The third-order valence-corrected chi connectivity index (χ3v) is 6.74. The topological polar surface area (TPSA) is 42.0 Å². The Bertz CT molecular complexity index is 1210. The summed E-state index contributed by atoms with van der Waals surface area (Å²) in [7, 11) is 1.65. The number of para-hydroxylation sites is 1. The van der Waals surface area contributed by atoms with Crippen molar-refractivity contribution in [1.82, 2.24) is 9.80 Å². The third kappa shape index (κ3) is 7.01. The Balaban J connectivity index is 1.37. The van der Waals surface area contributed by atoms with Crippen LogP contribution < -0.4 is 9.47 Å². The van der Waals surface area contributed by atoms with Crippen LogP contribution in [0.3, 0.4) is 0 Å². The Morgan fingerprint density at radius 3 is 2.30 bits per heavy atom. The molecule has 37 heavy (non-hydrogen) atoms. The molecular weight excluding hydrogens is 460 g/mol. The second-order valence-corrected chi connectivity index (χ2v) is 10.5. The summed E-state index contributed by atoms with van der Waals surface area (Å²) in [6.07, 6.45) is 4.35. The van der Waals surface area contributed by atoms with Crippen LogP contribution in [-0.4, -0.2) is 55.5 Å². The molecule has 4 rings (SSSR count). The van der Waals surface area contributed by atoms with Gasteiger partial charge in [0.1, 0.15) is 18.1 Å². The molecule has 3 aromatic carbocycles. The maximum absolute atomic E-state index is 13.3. The van der Waals surface area contributed by atoms with Gasteiger partial charge < -0.3 is 14.4 Å². The predicted molar refractivity (Wildman–Crippen MR) is 150 cm³/mol. The number of benzene rings is 3. The van der Waals surface area contributed by atoms with E-state index in [1.165, 1.54) is 5.56 Å². The fourth-order valence-electron chi connectivity index (χ4n) is 4.61. The van der Waals surface area contributed by atoms with E-state index in [1.54, 1.807) is 7.11 Å². The lowest BCUT2D eigenvalue weighted by molar-refractivity contribution is 0.0650. The smallest absolute Gasteiger partial charge is 0.253 e. The van der Waals surface area contributed by atoms with E-state index in [0.717, 1.165) is 55.3 Å². The molecule has 5 nitrogen and oxygen atoms in total. The van der Waals surface area contributed by atoms with Crippen molar-refractivity contribution >= 4 is 12.0 Å².